The molecule has 0 aromatic heterocycles. The molecule has 22 heteroatoms. The fourth-order valence-corrected chi connectivity index (χ4v) is 3.10. The van der Waals surface area contributed by atoms with Gasteiger partial charge in [-0.25, -0.2) is 0 Å². The monoisotopic (exact) mass is 612 g/mol. The number of hydrogen-bond donors (Lipinski definition) is 0. The lowest BCUT2D eigenvalue weighted by atomic mass is 9.88. The van der Waals surface area contributed by atoms with E-state index in [9.17, 15) is 74.6 Å². The van der Waals surface area contributed by atoms with Crippen LogP contribution in [0.5, 0.6) is 0 Å². The van der Waals surface area contributed by atoms with Gasteiger partial charge in [-0.05, 0) is 17.0 Å². The van der Waals surface area contributed by atoms with Gasteiger partial charge >= 0.3 is 53.6 Å². The number of hydrogen-bond acceptors (Lipinski definition) is 0. The standard InChI is InChI=1S/C10H4Cl3F17Si.H4Si/c11-31(12,13)2-1-3(14,15)4(16,17)5(18,19)6(20,21)7(22,23)8(24,25)9(26,27)10(28,29)30;/h1-2H2;1H4. The summed E-state index contributed by atoms with van der Waals surface area (Å²) >= 11 is 14.9. The highest BCUT2D eigenvalue weighted by atomic mass is 35.8. The van der Waals surface area contributed by atoms with Crippen molar-refractivity contribution in [3.05, 3.63) is 0 Å². The molecule has 0 aliphatic rings. The van der Waals surface area contributed by atoms with Crippen molar-refractivity contribution in [2.75, 3.05) is 0 Å². The van der Waals surface area contributed by atoms with Gasteiger partial charge in [-0.3, -0.25) is 0 Å². The van der Waals surface area contributed by atoms with Gasteiger partial charge in [0.25, 0.3) is 0 Å². The second-order valence-corrected chi connectivity index (χ2v) is 15.0. The van der Waals surface area contributed by atoms with Crippen LogP contribution in [0.2, 0.25) is 6.04 Å². The van der Waals surface area contributed by atoms with Crippen LogP contribution in [0.25, 0.3) is 0 Å². The zero-order chi connectivity index (χ0) is 25.9. The Balaban J connectivity index is 0. The van der Waals surface area contributed by atoms with Gasteiger partial charge in [-0.1, -0.05) is 0 Å². The molecule has 0 unspecified atom stereocenters. The van der Waals surface area contributed by atoms with Crippen molar-refractivity contribution in [2.45, 2.75) is 60.1 Å². The van der Waals surface area contributed by atoms with Gasteiger partial charge in [0, 0.05) is 6.42 Å². The van der Waals surface area contributed by atoms with Gasteiger partial charge in [0.1, 0.15) is 0 Å². The van der Waals surface area contributed by atoms with Crippen molar-refractivity contribution in [1.82, 2.24) is 0 Å². The fraction of sp³-hybridized carbons (Fsp3) is 1.00. The molecule has 0 rings (SSSR count). The minimum absolute atomic E-state index is 0. The Morgan fingerprint density at radius 2 is 0.688 bits per heavy atom. The molecule has 0 nitrogen and oxygen atoms in total. The van der Waals surface area contributed by atoms with Gasteiger partial charge in [0.05, 0.1) is 0 Å². The second kappa shape index (κ2) is 8.96. The van der Waals surface area contributed by atoms with E-state index in [2.05, 4.69) is 0 Å². The Kier molecular flexibility index (Phi) is 9.60. The first-order chi connectivity index (χ1) is 13.0. The third-order valence-corrected chi connectivity index (χ3v) is 6.03. The smallest absolute Gasteiger partial charge is 0.200 e. The quantitative estimate of drug-likeness (QED) is 0.157. The lowest BCUT2D eigenvalue weighted by molar-refractivity contribution is -0.461. The van der Waals surface area contributed by atoms with Crippen molar-refractivity contribution >= 4 is 50.2 Å². The van der Waals surface area contributed by atoms with E-state index in [1.807, 2.05) is 0 Å². The van der Waals surface area contributed by atoms with Crippen LogP contribution >= 0.6 is 33.2 Å². The van der Waals surface area contributed by atoms with E-state index < -0.39 is 66.1 Å². The molecule has 0 atom stereocenters. The van der Waals surface area contributed by atoms with Crippen LogP contribution in [0.3, 0.4) is 0 Å². The van der Waals surface area contributed by atoms with E-state index in [4.69, 9.17) is 33.2 Å². The average Bonchev–Trinajstić information content (AvgIpc) is 2.50. The second-order valence-electron chi connectivity index (χ2n) is 5.76. The van der Waals surface area contributed by atoms with E-state index >= 15 is 0 Å². The van der Waals surface area contributed by atoms with Crippen molar-refractivity contribution in [3.63, 3.8) is 0 Å². The first kappa shape index (κ1) is 34.3. The third kappa shape index (κ3) is 5.19. The summed E-state index contributed by atoms with van der Waals surface area (Å²) in [5, 5.41) is 0. The molecule has 0 spiro atoms. The molecular weight excluding hydrogens is 606 g/mol. The predicted molar refractivity (Wildman–Crippen MR) is 84.8 cm³/mol. The molecule has 0 aliphatic heterocycles. The van der Waals surface area contributed by atoms with Crippen molar-refractivity contribution in [1.29, 1.82) is 0 Å². The molecule has 0 N–H and O–H groups in total. The molecular formula is C10H8Cl3F17Si2. The van der Waals surface area contributed by atoms with Crippen molar-refractivity contribution in [3.8, 4) is 0 Å². The molecule has 0 bridgehead atoms. The van der Waals surface area contributed by atoms with Crippen molar-refractivity contribution in [2.24, 2.45) is 0 Å². The summed E-state index contributed by atoms with van der Waals surface area (Å²) in [5.41, 5.74) is 0. The van der Waals surface area contributed by atoms with Gasteiger partial charge in [0.2, 0.25) is 0 Å². The molecule has 0 fully saturated rings. The summed E-state index contributed by atoms with van der Waals surface area (Å²) < 4.78 is 220. The SMILES string of the molecule is FC(F)(F)C(F)(F)C(F)(F)C(F)(F)C(F)(F)C(F)(F)C(F)(F)C(F)(F)CC[Si](Cl)(Cl)Cl.[SiH4]. The number of alkyl halides is 17. The molecule has 0 saturated heterocycles. The summed E-state index contributed by atoms with van der Waals surface area (Å²) in [6.45, 7) is 0. The van der Waals surface area contributed by atoms with E-state index in [0.29, 0.717) is 0 Å². The van der Waals surface area contributed by atoms with E-state index in [-0.39, 0.29) is 11.0 Å². The van der Waals surface area contributed by atoms with Gasteiger partial charge < -0.3 is 0 Å². The molecule has 0 amide bonds. The van der Waals surface area contributed by atoms with E-state index in [1.165, 1.54) is 0 Å². The van der Waals surface area contributed by atoms with Crippen LogP contribution in [0.15, 0.2) is 0 Å². The maximum atomic E-state index is 13.4. The van der Waals surface area contributed by atoms with Crippen LogP contribution < -0.4 is 0 Å². The average molecular weight is 614 g/mol. The normalized spacial score (nSPS) is 16.1. The molecule has 0 aliphatic carbocycles. The Morgan fingerprint density at radius 1 is 0.438 bits per heavy atom. The first-order valence-electron chi connectivity index (χ1n) is 6.74. The van der Waals surface area contributed by atoms with Gasteiger partial charge in [0.15, 0.2) is 0 Å². The highest BCUT2D eigenvalue weighted by Gasteiger charge is 2.95. The molecule has 0 saturated carbocycles. The third-order valence-electron chi connectivity index (χ3n) is 3.51. The van der Waals surface area contributed by atoms with Crippen molar-refractivity contribution < 1.29 is 74.6 Å². The Labute approximate surface area is 185 Å². The highest BCUT2D eigenvalue weighted by molar-refractivity contribution is 7.64. The van der Waals surface area contributed by atoms with Crippen LogP contribution in [-0.2, 0) is 0 Å². The van der Waals surface area contributed by atoms with Gasteiger partial charge in [-0.15, -0.1) is 33.2 Å². The van der Waals surface area contributed by atoms with Crippen LogP contribution in [0.4, 0.5) is 74.6 Å². The summed E-state index contributed by atoms with van der Waals surface area (Å²) in [7, 11) is 0. The van der Waals surface area contributed by atoms with Crippen LogP contribution in [-0.4, -0.2) is 64.6 Å². The molecule has 0 radical (unpaired) electrons. The molecule has 32 heavy (non-hydrogen) atoms. The van der Waals surface area contributed by atoms with E-state index in [0.717, 1.165) is 0 Å². The maximum Gasteiger partial charge on any atom is 0.460 e. The summed E-state index contributed by atoms with van der Waals surface area (Å²) in [4.78, 5) is 0. The zero-order valence-electron chi connectivity index (χ0n) is 13.5. The Bertz CT molecular complexity index is 654. The number of rotatable bonds is 9. The fourth-order valence-electron chi connectivity index (χ4n) is 1.65. The molecule has 0 aromatic rings. The molecule has 196 valence electrons. The summed E-state index contributed by atoms with van der Waals surface area (Å²) in [6, 6.07) is -6.09. The number of halogens is 20. The Hall–Kier alpha value is 0.114. The summed E-state index contributed by atoms with van der Waals surface area (Å²) in [5.74, 6) is -56.5. The predicted octanol–water partition coefficient (Wildman–Crippen LogP) is 6.59. The molecule has 0 aromatic carbocycles. The first-order valence-corrected chi connectivity index (χ1v) is 12.0. The topological polar surface area (TPSA) is 0 Å². The largest absolute Gasteiger partial charge is 0.460 e. The minimum atomic E-state index is -8.65. The lowest BCUT2D eigenvalue weighted by Crippen LogP contribution is -2.74. The van der Waals surface area contributed by atoms with Crippen LogP contribution in [0.1, 0.15) is 6.42 Å². The van der Waals surface area contributed by atoms with Crippen LogP contribution in [0, 0.1) is 0 Å². The minimum Gasteiger partial charge on any atom is -0.200 e. The summed E-state index contributed by atoms with van der Waals surface area (Å²) in [6.07, 6.45) is -10.5. The van der Waals surface area contributed by atoms with Gasteiger partial charge in [-0.2, -0.15) is 74.6 Å². The molecule has 0 heterocycles. The van der Waals surface area contributed by atoms with E-state index in [1.54, 1.807) is 0 Å². The highest BCUT2D eigenvalue weighted by Crippen LogP contribution is 2.64. The Morgan fingerprint density at radius 3 is 0.938 bits per heavy atom. The zero-order valence-corrected chi connectivity index (χ0v) is 16.7. The maximum absolute atomic E-state index is 13.4. The lowest BCUT2D eigenvalue weighted by Gasteiger charge is -2.42.